The number of hydrogen-bond donors (Lipinski definition) is 3. The van der Waals surface area contributed by atoms with E-state index in [2.05, 4.69) is 43.5 Å². The largest absolute Gasteiger partial charge is 0.387 e. The van der Waals surface area contributed by atoms with Crippen molar-refractivity contribution in [1.82, 2.24) is 5.32 Å². The fourth-order valence-electron chi connectivity index (χ4n) is 5.30. The summed E-state index contributed by atoms with van der Waals surface area (Å²) in [6.07, 6.45) is 40.0. The maximum Gasteiger partial charge on any atom is 0.267 e. The molecule has 258 valence electrons. The summed E-state index contributed by atoms with van der Waals surface area (Å²) < 4.78 is 32.2. The first-order valence-corrected chi connectivity index (χ1v) is 19.8. The Balaban J connectivity index is 4.03. The van der Waals surface area contributed by atoms with Crippen molar-refractivity contribution in [2.75, 3.05) is 5.75 Å². The molecule has 0 aliphatic heterocycles. The minimum absolute atomic E-state index is 0.285. The van der Waals surface area contributed by atoms with Crippen molar-refractivity contribution in [3.05, 3.63) is 36.5 Å². The smallest absolute Gasteiger partial charge is 0.267 e. The molecule has 0 aliphatic carbocycles. The van der Waals surface area contributed by atoms with Crippen LogP contribution in [0.25, 0.3) is 0 Å². The SMILES string of the molecule is CCCCCCCCCCCC/C=C/CC/C=C/CC/C=C/C(O)C(CS(=O)(=O)O)NC(=O)CCCCCCCCCCC. The van der Waals surface area contributed by atoms with E-state index in [9.17, 15) is 22.9 Å². The zero-order valence-electron chi connectivity index (χ0n) is 28.5. The number of unbranched alkanes of at least 4 members (excludes halogenated alkanes) is 20. The number of aliphatic hydroxyl groups is 1. The molecule has 0 bridgehead atoms. The molecule has 0 rings (SSSR count). The Morgan fingerprint density at radius 2 is 0.977 bits per heavy atom. The van der Waals surface area contributed by atoms with Crippen LogP contribution >= 0.6 is 0 Å². The molecule has 0 aliphatic rings. The number of carbonyl (C=O) groups is 1. The highest BCUT2D eigenvalue weighted by Gasteiger charge is 2.24. The number of hydrogen-bond acceptors (Lipinski definition) is 4. The summed E-state index contributed by atoms with van der Waals surface area (Å²) in [5.41, 5.74) is 0. The van der Waals surface area contributed by atoms with Crippen molar-refractivity contribution in [3.63, 3.8) is 0 Å². The van der Waals surface area contributed by atoms with Gasteiger partial charge in [-0.25, -0.2) is 0 Å². The summed E-state index contributed by atoms with van der Waals surface area (Å²) in [6, 6.07) is -1.07. The molecule has 44 heavy (non-hydrogen) atoms. The second kappa shape index (κ2) is 31.5. The zero-order valence-corrected chi connectivity index (χ0v) is 29.3. The summed E-state index contributed by atoms with van der Waals surface area (Å²) in [6.45, 7) is 4.47. The Labute approximate surface area is 272 Å². The van der Waals surface area contributed by atoms with E-state index in [0.29, 0.717) is 6.42 Å². The summed E-state index contributed by atoms with van der Waals surface area (Å²) in [4.78, 5) is 12.4. The van der Waals surface area contributed by atoms with Gasteiger partial charge >= 0.3 is 0 Å². The van der Waals surface area contributed by atoms with Gasteiger partial charge in [0, 0.05) is 6.42 Å². The van der Waals surface area contributed by atoms with Crippen LogP contribution in [0.15, 0.2) is 36.5 Å². The summed E-state index contributed by atoms with van der Waals surface area (Å²) in [5, 5.41) is 13.1. The lowest BCUT2D eigenvalue weighted by atomic mass is 10.1. The van der Waals surface area contributed by atoms with E-state index >= 15 is 0 Å². The van der Waals surface area contributed by atoms with Crippen molar-refractivity contribution in [3.8, 4) is 0 Å². The van der Waals surface area contributed by atoms with Gasteiger partial charge < -0.3 is 10.4 Å². The molecule has 2 unspecified atom stereocenters. The van der Waals surface area contributed by atoms with E-state index < -0.39 is 28.0 Å². The number of rotatable bonds is 32. The molecule has 0 aromatic heterocycles. The van der Waals surface area contributed by atoms with Gasteiger partial charge in [0.15, 0.2) is 0 Å². The molecule has 0 saturated carbocycles. The lowest BCUT2D eigenvalue weighted by Crippen LogP contribution is -2.46. The lowest BCUT2D eigenvalue weighted by molar-refractivity contribution is -0.122. The van der Waals surface area contributed by atoms with Crippen molar-refractivity contribution in [2.24, 2.45) is 0 Å². The summed E-state index contributed by atoms with van der Waals surface area (Å²) >= 11 is 0. The fraction of sp³-hybridized carbons (Fsp3) is 0.811. The van der Waals surface area contributed by atoms with Crippen LogP contribution in [0.1, 0.15) is 174 Å². The van der Waals surface area contributed by atoms with E-state index in [-0.39, 0.29) is 12.3 Å². The standard InChI is InChI=1S/C37H69NO5S/c1-3-5-7-9-11-13-14-15-16-17-18-19-20-21-22-23-25-26-28-30-32-36(39)35(34-44(41,42)43)38-37(40)33-31-29-27-24-12-10-8-6-4-2/h19-20,23,25,30,32,35-36,39H,3-18,21-22,24,26-29,31,33-34H2,1-2H3,(H,38,40)(H,41,42,43)/b20-19+,25-23+,32-30+. The second-order valence-corrected chi connectivity index (χ2v) is 14.0. The van der Waals surface area contributed by atoms with Gasteiger partial charge in [0.2, 0.25) is 5.91 Å². The maximum absolute atomic E-state index is 12.4. The Hall–Kier alpha value is -1.44. The van der Waals surface area contributed by atoms with E-state index in [1.54, 1.807) is 6.08 Å². The third kappa shape index (κ3) is 32.0. The van der Waals surface area contributed by atoms with Gasteiger partial charge in [-0.1, -0.05) is 159 Å². The Kier molecular flexibility index (Phi) is 30.5. The first kappa shape index (κ1) is 42.6. The lowest BCUT2D eigenvalue weighted by Gasteiger charge is -2.21. The normalized spacial score (nSPS) is 13.8. The molecule has 0 spiro atoms. The van der Waals surface area contributed by atoms with Gasteiger partial charge in [0.1, 0.15) is 0 Å². The van der Waals surface area contributed by atoms with E-state index in [1.807, 2.05) is 0 Å². The van der Waals surface area contributed by atoms with Crippen LogP contribution in [0.2, 0.25) is 0 Å². The first-order valence-electron chi connectivity index (χ1n) is 18.2. The maximum atomic E-state index is 12.4. The molecular formula is C37H69NO5S. The Morgan fingerprint density at radius 1 is 0.591 bits per heavy atom. The monoisotopic (exact) mass is 639 g/mol. The molecule has 0 aromatic carbocycles. The number of allylic oxidation sites excluding steroid dienone is 5. The molecule has 0 aromatic rings. The van der Waals surface area contributed by atoms with Crippen LogP contribution in [-0.4, -0.2) is 41.9 Å². The molecule has 3 N–H and O–H groups in total. The van der Waals surface area contributed by atoms with Gasteiger partial charge in [-0.15, -0.1) is 0 Å². The van der Waals surface area contributed by atoms with Crippen molar-refractivity contribution < 1.29 is 22.9 Å². The highest BCUT2D eigenvalue weighted by atomic mass is 32.2. The van der Waals surface area contributed by atoms with Crippen molar-refractivity contribution in [2.45, 2.75) is 187 Å². The van der Waals surface area contributed by atoms with Crippen molar-refractivity contribution in [1.29, 1.82) is 0 Å². The predicted octanol–water partition coefficient (Wildman–Crippen LogP) is 10.2. The predicted molar refractivity (Wildman–Crippen MR) is 189 cm³/mol. The number of amides is 1. The molecule has 0 fully saturated rings. The average molecular weight is 640 g/mol. The van der Waals surface area contributed by atoms with Crippen LogP contribution in [0.3, 0.4) is 0 Å². The van der Waals surface area contributed by atoms with Crippen LogP contribution in [0.5, 0.6) is 0 Å². The molecule has 0 radical (unpaired) electrons. The van der Waals surface area contributed by atoms with Crippen LogP contribution in [-0.2, 0) is 14.9 Å². The van der Waals surface area contributed by atoms with E-state index in [0.717, 1.165) is 38.5 Å². The minimum atomic E-state index is -4.35. The minimum Gasteiger partial charge on any atom is -0.387 e. The molecule has 1 amide bonds. The quantitative estimate of drug-likeness (QED) is 0.0386. The molecule has 6 nitrogen and oxygen atoms in total. The average Bonchev–Trinajstić information content (AvgIpc) is 2.98. The van der Waals surface area contributed by atoms with Crippen LogP contribution in [0, 0.1) is 0 Å². The van der Waals surface area contributed by atoms with Crippen molar-refractivity contribution >= 4 is 16.0 Å². The van der Waals surface area contributed by atoms with Gasteiger partial charge in [-0.05, 0) is 44.9 Å². The number of nitrogens with one attached hydrogen (secondary N) is 1. The highest BCUT2D eigenvalue weighted by molar-refractivity contribution is 7.85. The van der Waals surface area contributed by atoms with Gasteiger partial charge in [-0.2, -0.15) is 8.42 Å². The Morgan fingerprint density at radius 3 is 1.43 bits per heavy atom. The van der Waals surface area contributed by atoms with Crippen LogP contribution in [0.4, 0.5) is 0 Å². The number of carbonyl (C=O) groups excluding carboxylic acids is 1. The molecule has 0 saturated heterocycles. The number of aliphatic hydroxyl groups excluding tert-OH is 1. The second-order valence-electron chi connectivity index (χ2n) is 12.5. The molecule has 7 heteroatoms. The topological polar surface area (TPSA) is 104 Å². The third-order valence-corrected chi connectivity index (χ3v) is 8.83. The third-order valence-electron chi connectivity index (χ3n) is 8.05. The highest BCUT2D eigenvalue weighted by Crippen LogP contribution is 2.13. The molecular weight excluding hydrogens is 570 g/mol. The van der Waals surface area contributed by atoms with Gasteiger partial charge in [0.25, 0.3) is 10.1 Å². The van der Waals surface area contributed by atoms with Gasteiger partial charge in [0.05, 0.1) is 17.9 Å². The Bertz CT molecular complexity index is 837. The van der Waals surface area contributed by atoms with E-state index in [4.69, 9.17) is 0 Å². The first-order chi connectivity index (χ1) is 21.3. The van der Waals surface area contributed by atoms with Crippen LogP contribution < -0.4 is 5.32 Å². The zero-order chi connectivity index (χ0) is 32.6. The van der Waals surface area contributed by atoms with Gasteiger partial charge in [-0.3, -0.25) is 9.35 Å². The molecule has 2 atom stereocenters. The summed E-state index contributed by atoms with van der Waals surface area (Å²) in [5.74, 6) is -1.01. The fourth-order valence-corrected chi connectivity index (χ4v) is 6.04. The molecule has 0 heterocycles. The van der Waals surface area contributed by atoms with E-state index in [1.165, 1.54) is 115 Å². The summed E-state index contributed by atoms with van der Waals surface area (Å²) in [7, 11) is -4.35.